The highest BCUT2D eigenvalue weighted by molar-refractivity contribution is 5.90. The fraction of sp³-hybridized carbons (Fsp3) is 0.457. The quantitative estimate of drug-likeness (QED) is 0.344. The average molecular weight is 540 g/mol. The van der Waals surface area contributed by atoms with Crippen LogP contribution in [0.1, 0.15) is 61.6 Å². The Labute approximate surface area is 240 Å². The number of carbonyl (C=O) groups excluding carboxylic acids is 1. The maximum Gasteiger partial charge on any atom is 0.165 e. The van der Waals surface area contributed by atoms with E-state index in [0.29, 0.717) is 18.1 Å². The van der Waals surface area contributed by atoms with E-state index in [4.69, 9.17) is 0 Å². The number of piperidine rings is 1. The molecule has 2 fully saturated rings. The topological polar surface area (TPSA) is 47.0 Å². The maximum absolute atomic E-state index is 13.9. The molecule has 1 unspecified atom stereocenters. The second-order valence-corrected chi connectivity index (χ2v) is 11.8. The van der Waals surface area contributed by atoms with Crippen LogP contribution in [-0.2, 0) is 10.2 Å². The van der Waals surface area contributed by atoms with E-state index in [0.717, 1.165) is 70.5 Å². The third-order valence-corrected chi connectivity index (χ3v) is 9.29. The Balaban J connectivity index is 1.18. The number of anilines is 1. The molecule has 5 heteroatoms. The summed E-state index contributed by atoms with van der Waals surface area (Å²) in [5, 5.41) is 11.3. The lowest BCUT2D eigenvalue weighted by Crippen LogP contribution is -2.59. The number of ketones is 1. The van der Waals surface area contributed by atoms with Gasteiger partial charge in [0.1, 0.15) is 5.78 Å². The molecule has 0 aliphatic carbocycles. The van der Waals surface area contributed by atoms with E-state index >= 15 is 0 Å². The number of likely N-dealkylation sites (tertiary alicyclic amines) is 1. The van der Waals surface area contributed by atoms with Crippen molar-refractivity contribution in [1.29, 1.82) is 0 Å². The first kappa shape index (κ1) is 28.5. The van der Waals surface area contributed by atoms with E-state index in [1.54, 1.807) is 0 Å². The molecule has 3 aromatic carbocycles. The lowest BCUT2D eigenvalue weighted by Gasteiger charge is -2.46. The molecule has 0 saturated carbocycles. The van der Waals surface area contributed by atoms with Crippen LogP contribution in [0.25, 0.3) is 0 Å². The molecule has 2 aliphatic rings. The van der Waals surface area contributed by atoms with Crippen molar-refractivity contribution in [3.05, 3.63) is 102 Å². The van der Waals surface area contributed by atoms with Crippen LogP contribution in [0.3, 0.4) is 0 Å². The number of aryl methyl sites for hydroxylation is 1. The van der Waals surface area contributed by atoms with Gasteiger partial charge in [0.2, 0.25) is 0 Å². The lowest BCUT2D eigenvalue weighted by molar-refractivity contribution is -0.139. The van der Waals surface area contributed by atoms with Crippen LogP contribution < -0.4 is 4.90 Å². The van der Waals surface area contributed by atoms with Crippen molar-refractivity contribution in [2.45, 2.75) is 63.6 Å². The lowest BCUT2D eigenvalue weighted by atomic mass is 9.68. The van der Waals surface area contributed by atoms with Crippen LogP contribution in [0, 0.1) is 6.92 Å². The predicted molar refractivity (Wildman–Crippen MR) is 164 cm³/mol. The van der Waals surface area contributed by atoms with E-state index < -0.39 is 11.8 Å². The molecule has 0 bridgehead atoms. The number of piperazine rings is 1. The molecule has 2 saturated heterocycles. The molecule has 1 N–H and O–H groups in total. The third kappa shape index (κ3) is 6.49. The third-order valence-electron chi connectivity index (χ3n) is 9.29. The van der Waals surface area contributed by atoms with Crippen LogP contribution in [0.2, 0.25) is 0 Å². The normalized spacial score (nSPS) is 19.7. The summed E-state index contributed by atoms with van der Waals surface area (Å²) in [4.78, 5) is 20.7. The van der Waals surface area contributed by atoms with E-state index in [9.17, 15) is 9.90 Å². The van der Waals surface area contributed by atoms with Crippen molar-refractivity contribution in [2.75, 3.05) is 44.2 Å². The highest BCUT2D eigenvalue weighted by Crippen LogP contribution is 2.39. The fourth-order valence-corrected chi connectivity index (χ4v) is 6.58. The van der Waals surface area contributed by atoms with Crippen molar-refractivity contribution < 1.29 is 9.90 Å². The van der Waals surface area contributed by atoms with Gasteiger partial charge in [-0.15, -0.1) is 0 Å². The number of rotatable bonds is 10. The van der Waals surface area contributed by atoms with Crippen LogP contribution in [-0.4, -0.2) is 66.3 Å². The number of aliphatic hydroxyl groups is 1. The van der Waals surface area contributed by atoms with Gasteiger partial charge in [0.25, 0.3) is 0 Å². The van der Waals surface area contributed by atoms with Crippen LogP contribution in [0.5, 0.6) is 0 Å². The number of hydrogen-bond acceptors (Lipinski definition) is 5. The summed E-state index contributed by atoms with van der Waals surface area (Å²) in [5.41, 5.74) is 4.54. The summed E-state index contributed by atoms with van der Waals surface area (Å²) in [6, 6.07) is 29.7. The predicted octanol–water partition coefficient (Wildman–Crippen LogP) is 5.97. The first-order valence-corrected chi connectivity index (χ1v) is 15.1. The standard InChI is InChI=1S/C35H45N3O2/c1-28-16-18-32(19-17-28)36-24-26-38(27-25-36)34(40)37-22-20-35(21-23-37,31-13-7-4-8-14-31)33(39)15-9-10-29(2)30-11-5-3-6-12-30/h3-8,11-14,16-19,29,34,40H,9-10,15,20-27H2,1-2H3/t29-,34?/m1/s1. The second kappa shape index (κ2) is 13.1. The van der Waals surface area contributed by atoms with Crippen LogP contribution >= 0.6 is 0 Å². The Hall–Kier alpha value is -2.99. The zero-order chi connectivity index (χ0) is 28.0. The van der Waals surface area contributed by atoms with Gasteiger partial charge in [0.05, 0.1) is 5.41 Å². The molecule has 5 nitrogen and oxygen atoms in total. The molecular formula is C35H45N3O2. The minimum Gasteiger partial charge on any atom is -0.369 e. The Morgan fingerprint density at radius 3 is 2.00 bits per heavy atom. The van der Waals surface area contributed by atoms with E-state index in [2.05, 4.69) is 107 Å². The van der Waals surface area contributed by atoms with Gasteiger partial charge in [-0.1, -0.05) is 85.3 Å². The van der Waals surface area contributed by atoms with Crippen LogP contribution in [0.4, 0.5) is 5.69 Å². The summed E-state index contributed by atoms with van der Waals surface area (Å²) >= 11 is 0. The van der Waals surface area contributed by atoms with Gasteiger partial charge >= 0.3 is 0 Å². The van der Waals surface area contributed by atoms with Gasteiger partial charge in [0.15, 0.2) is 6.35 Å². The van der Waals surface area contributed by atoms with Gasteiger partial charge in [-0.2, -0.15) is 0 Å². The molecular weight excluding hydrogens is 494 g/mol. The molecule has 2 heterocycles. The first-order chi connectivity index (χ1) is 19.5. The molecule has 0 aromatic heterocycles. The SMILES string of the molecule is Cc1ccc(N2CCN(C(O)N3CCC(C(=O)CCC[C@@H](C)c4ccccc4)(c4ccccc4)CC3)CC2)cc1. The minimum absolute atomic E-state index is 0.361. The van der Waals surface area contributed by atoms with Crippen molar-refractivity contribution >= 4 is 11.5 Å². The number of hydrogen-bond donors (Lipinski definition) is 1. The maximum atomic E-state index is 13.9. The highest BCUT2D eigenvalue weighted by Gasteiger charge is 2.43. The monoisotopic (exact) mass is 539 g/mol. The summed E-state index contributed by atoms with van der Waals surface area (Å²) in [5.74, 6) is 0.810. The van der Waals surface area contributed by atoms with E-state index in [1.807, 2.05) is 6.07 Å². The average Bonchev–Trinajstić information content (AvgIpc) is 3.02. The largest absolute Gasteiger partial charge is 0.369 e. The fourth-order valence-electron chi connectivity index (χ4n) is 6.58. The summed E-state index contributed by atoms with van der Waals surface area (Å²) in [7, 11) is 0. The van der Waals surface area contributed by atoms with Crippen LogP contribution in [0.15, 0.2) is 84.9 Å². The number of carbonyl (C=O) groups is 1. The highest BCUT2D eigenvalue weighted by atomic mass is 16.3. The number of Topliss-reactive ketones (excluding diaryl/α,β-unsaturated/α-hetero) is 1. The van der Waals surface area contributed by atoms with Crippen molar-refractivity contribution in [1.82, 2.24) is 9.80 Å². The van der Waals surface area contributed by atoms with Gasteiger partial charge in [-0.3, -0.25) is 14.6 Å². The Bertz CT molecular complexity index is 1200. The summed E-state index contributed by atoms with van der Waals surface area (Å²) in [6.07, 6.45) is 3.43. The Morgan fingerprint density at radius 1 is 0.800 bits per heavy atom. The molecule has 0 radical (unpaired) electrons. The number of nitrogens with zero attached hydrogens (tertiary/aromatic N) is 3. The summed E-state index contributed by atoms with van der Waals surface area (Å²) < 4.78 is 0. The Kier molecular flexibility index (Phi) is 9.36. The zero-order valence-electron chi connectivity index (χ0n) is 24.2. The van der Waals surface area contributed by atoms with Crippen molar-refractivity contribution in [2.24, 2.45) is 0 Å². The van der Waals surface area contributed by atoms with Gasteiger partial charge in [-0.05, 0) is 61.8 Å². The molecule has 3 aromatic rings. The molecule has 2 atom stereocenters. The second-order valence-electron chi connectivity index (χ2n) is 11.8. The smallest absolute Gasteiger partial charge is 0.165 e. The summed E-state index contributed by atoms with van der Waals surface area (Å²) in [6.45, 7) is 9.28. The minimum atomic E-state index is -0.601. The number of aliphatic hydroxyl groups excluding tert-OH is 1. The molecule has 5 rings (SSSR count). The van der Waals surface area contributed by atoms with Gasteiger partial charge < -0.3 is 10.0 Å². The molecule has 0 spiro atoms. The molecule has 2 aliphatic heterocycles. The first-order valence-electron chi connectivity index (χ1n) is 15.1. The molecule has 212 valence electrons. The zero-order valence-corrected chi connectivity index (χ0v) is 24.2. The van der Waals surface area contributed by atoms with E-state index in [1.165, 1.54) is 16.8 Å². The van der Waals surface area contributed by atoms with Crippen molar-refractivity contribution in [3.8, 4) is 0 Å². The molecule has 40 heavy (non-hydrogen) atoms. The van der Waals surface area contributed by atoms with Crippen molar-refractivity contribution in [3.63, 3.8) is 0 Å². The van der Waals surface area contributed by atoms with Gasteiger partial charge in [0, 0.05) is 51.4 Å². The van der Waals surface area contributed by atoms with Gasteiger partial charge in [-0.25, -0.2) is 0 Å². The Morgan fingerprint density at radius 2 is 1.38 bits per heavy atom. The number of benzene rings is 3. The molecule has 0 amide bonds. The van der Waals surface area contributed by atoms with E-state index in [-0.39, 0.29) is 0 Å².